The molecule has 8 nitrogen and oxygen atoms in total. The second-order valence-corrected chi connectivity index (χ2v) is 8.02. The Bertz CT molecular complexity index is 892. The number of carbonyl (C=O) groups is 1. The van der Waals surface area contributed by atoms with Crippen molar-refractivity contribution in [2.75, 3.05) is 44.5 Å². The van der Waals surface area contributed by atoms with E-state index in [2.05, 4.69) is 15.2 Å². The lowest BCUT2D eigenvalue weighted by atomic mass is 9.93. The fourth-order valence-corrected chi connectivity index (χ4v) is 3.86. The summed E-state index contributed by atoms with van der Waals surface area (Å²) in [5.41, 5.74) is 6.94. The number of nitrogen functional groups attached to an aromatic ring is 1. The summed E-state index contributed by atoms with van der Waals surface area (Å²) >= 11 is 0. The Morgan fingerprint density at radius 1 is 1.10 bits per heavy atom. The van der Waals surface area contributed by atoms with Crippen LogP contribution in [0.1, 0.15) is 32.1 Å². The second kappa shape index (κ2) is 8.31. The minimum absolute atomic E-state index is 0.183. The van der Waals surface area contributed by atoms with Gasteiger partial charge in [0.25, 0.3) is 0 Å². The molecule has 156 valence electrons. The van der Waals surface area contributed by atoms with Crippen molar-refractivity contribution in [2.24, 2.45) is 11.8 Å². The molecule has 1 saturated heterocycles. The Morgan fingerprint density at radius 2 is 1.79 bits per heavy atom. The number of aromatic nitrogens is 2. The molecule has 0 atom stereocenters. The first-order valence-corrected chi connectivity index (χ1v) is 10.3. The number of hydrogen-bond donors (Lipinski definition) is 2. The maximum absolute atomic E-state index is 12.1. The second-order valence-electron chi connectivity index (χ2n) is 8.02. The van der Waals surface area contributed by atoms with Crippen LogP contribution in [0.2, 0.25) is 0 Å². The van der Waals surface area contributed by atoms with Gasteiger partial charge in [-0.15, -0.1) is 0 Å². The van der Waals surface area contributed by atoms with Crippen LogP contribution in [0.25, 0.3) is 10.9 Å². The highest BCUT2D eigenvalue weighted by Crippen LogP contribution is 2.34. The summed E-state index contributed by atoms with van der Waals surface area (Å²) in [6, 6.07) is 3.63. The lowest BCUT2D eigenvalue weighted by Crippen LogP contribution is -2.37. The van der Waals surface area contributed by atoms with Crippen molar-refractivity contribution in [3.05, 3.63) is 12.1 Å². The van der Waals surface area contributed by atoms with Gasteiger partial charge in [0.2, 0.25) is 11.9 Å². The Balaban J connectivity index is 1.41. The van der Waals surface area contributed by atoms with Gasteiger partial charge in [0, 0.05) is 37.5 Å². The Labute approximate surface area is 170 Å². The predicted molar refractivity (Wildman–Crippen MR) is 112 cm³/mol. The molecule has 2 aromatic rings. The van der Waals surface area contributed by atoms with Crippen LogP contribution >= 0.6 is 0 Å². The minimum atomic E-state index is 0.183. The molecule has 4 rings (SSSR count). The molecular weight excluding hydrogens is 370 g/mol. The standard InChI is InChI=1S/C21H29N5O3/c1-28-17-10-15-16(11-18(17)29-2)24-21(25-20(15)22)26-7-5-13(6-8-26)9-19(27)23-12-14-3-4-14/h10-11,13-14H,3-9,12H2,1-2H3,(H,23,27)(H2,22,24,25). The molecule has 0 radical (unpaired) electrons. The first-order chi connectivity index (χ1) is 14.1. The SMILES string of the molecule is COc1cc2nc(N3CCC(CC(=O)NCC4CC4)CC3)nc(N)c2cc1OC. The van der Waals surface area contributed by atoms with E-state index in [-0.39, 0.29) is 5.91 Å². The maximum Gasteiger partial charge on any atom is 0.227 e. The average Bonchev–Trinajstić information content (AvgIpc) is 3.56. The highest BCUT2D eigenvalue weighted by Gasteiger charge is 2.25. The third-order valence-electron chi connectivity index (χ3n) is 5.88. The van der Waals surface area contributed by atoms with Gasteiger partial charge in [-0.25, -0.2) is 4.98 Å². The molecule has 2 aliphatic rings. The van der Waals surface area contributed by atoms with Crippen molar-refractivity contribution >= 4 is 28.6 Å². The van der Waals surface area contributed by atoms with Crippen LogP contribution in [0.15, 0.2) is 12.1 Å². The molecule has 8 heteroatoms. The first kappa shape index (κ1) is 19.5. The number of rotatable bonds is 7. The molecule has 0 spiro atoms. The number of fused-ring (bicyclic) bond motifs is 1. The average molecular weight is 399 g/mol. The molecule has 1 saturated carbocycles. The number of piperidine rings is 1. The van der Waals surface area contributed by atoms with Crippen molar-refractivity contribution < 1.29 is 14.3 Å². The largest absolute Gasteiger partial charge is 0.493 e. The Morgan fingerprint density at radius 3 is 2.45 bits per heavy atom. The summed E-state index contributed by atoms with van der Waals surface area (Å²) < 4.78 is 10.7. The highest BCUT2D eigenvalue weighted by atomic mass is 16.5. The minimum Gasteiger partial charge on any atom is -0.493 e. The first-order valence-electron chi connectivity index (χ1n) is 10.3. The number of ether oxygens (including phenoxy) is 2. The van der Waals surface area contributed by atoms with Crippen molar-refractivity contribution in [3.8, 4) is 11.5 Å². The topological polar surface area (TPSA) is 103 Å². The number of nitrogens with one attached hydrogen (secondary N) is 1. The summed E-state index contributed by atoms with van der Waals surface area (Å²) in [5, 5.41) is 3.81. The van der Waals surface area contributed by atoms with Crippen molar-refractivity contribution in [1.29, 1.82) is 0 Å². The highest BCUT2D eigenvalue weighted by molar-refractivity contribution is 5.91. The molecule has 0 unspecified atom stereocenters. The van der Waals surface area contributed by atoms with Crippen molar-refractivity contribution in [1.82, 2.24) is 15.3 Å². The van der Waals surface area contributed by atoms with Gasteiger partial charge in [0.05, 0.1) is 19.7 Å². The third kappa shape index (κ3) is 4.46. The fourth-order valence-electron chi connectivity index (χ4n) is 3.86. The van der Waals surface area contributed by atoms with E-state index < -0.39 is 0 Å². The third-order valence-corrected chi connectivity index (χ3v) is 5.88. The lowest BCUT2D eigenvalue weighted by molar-refractivity contribution is -0.122. The van der Waals surface area contributed by atoms with Gasteiger partial charge in [0.1, 0.15) is 5.82 Å². The summed E-state index contributed by atoms with van der Waals surface area (Å²) in [6.07, 6.45) is 5.02. The van der Waals surface area contributed by atoms with Crippen LogP contribution in [0.4, 0.5) is 11.8 Å². The lowest BCUT2D eigenvalue weighted by Gasteiger charge is -2.32. The van der Waals surface area contributed by atoms with E-state index in [4.69, 9.17) is 20.2 Å². The summed E-state index contributed by atoms with van der Waals surface area (Å²) in [5.74, 6) is 3.57. The Hall–Kier alpha value is -2.77. The van der Waals surface area contributed by atoms with Gasteiger partial charge in [-0.1, -0.05) is 0 Å². The van der Waals surface area contributed by atoms with E-state index in [1.165, 1.54) is 12.8 Å². The zero-order valence-electron chi connectivity index (χ0n) is 17.1. The summed E-state index contributed by atoms with van der Waals surface area (Å²) in [4.78, 5) is 23.5. The van der Waals surface area contributed by atoms with E-state index in [1.54, 1.807) is 20.3 Å². The predicted octanol–water partition coefficient (Wildman–Crippen LogP) is 2.36. The molecule has 2 fully saturated rings. The van der Waals surface area contributed by atoms with E-state index in [0.29, 0.717) is 35.6 Å². The normalized spacial score (nSPS) is 17.4. The molecular formula is C21H29N5O3. The number of nitrogens with zero attached hydrogens (tertiary/aromatic N) is 3. The summed E-state index contributed by atoms with van der Waals surface area (Å²) in [7, 11) is 3.19. The van der Waals surface area contributed by atoms with Gasteiger partial charge in [-0.3, -0.25) is 4.79 Å². The smallest absolute Gasteiger partial charge is 0.227 e. The molecule has 2 heterocycles. The van der Waals surface area contributed by atoms with Crippen LogP contribution < -0.4 is 25.4 Å². The van der Waals surface area contributed by atoms with Gasteiger partial charge >= 0.3 is 0 Å². The fraction of sp³-hybridized carbons (Fsp3) is 0.571. The van der Waals surface area contributed by atoms with Crippen LogP contribution in [0, 0.1) is 11.8 Å². The molecule has 29 heavy (non-hydrogen) atoms. The van der Waals surface area contributed by atoms with Gasteiger partial charge in [0.15, 0.2) is 11.5 Å². The van der Waals surface area contributed by atoms with E-state index in [9.17, 15) is 4.79 Å². The molecule has 1 aliphatic carbocycles. The molecule has 3 N–H and O–H groups in total. The van der Waals surface area contributed by atoms with Crippen molar-refractivity contribution in [3.63, 3.8) is 0 Å². The van der Waals surface area contributed by atoms with Crippen molar-refractivity contribution in [2.45, 2.75) is 32.1 Å². The Kier molecular flexibility index (Phi) is 5.60. The van der Waals surface area contributed by atoms with Crippen LogP contribution in [-0.4, -0.2) is 49.7 Å². The molecule has 1 aliphatic heterocycles. The quantitative estimate of drug-likeness (QED) is 0.737. The molecule has 1 aromatic heterocycles. The number of carbonyl (C=O) groups excluding carboxylic acids is 1. The number of hydrogen-bond acceptors (Lipinski definition) is 7. The molecule has 1 aromatic carbocycles. The number of methoxy groups -OCH3 is 2. The van der Waals surface area contributed by atoms with Crippen LogP contribution in [0.3, 0.4) is 0 Å². The number of nitrogens with two attached hydrogens (primary N) is 1. The zero-order chi connectivity index (χ0) is 20.4. The maximum atomic E-state index is 12.1. The van der Waals surface area contributed by atoms with Gasteiger partial charge < -0.3 is 25.4 Å². The van der Waals surface area contributed by atoms with Crippen LogP contribution in [0.5, 0.6) is 11.5 Å². The van der Waals surface area contributed by atoms with E-state index >= 15 is 0 Å². The monoisotopic (exact) mass is 399 g/mol. The number of amides is 1. The van der Waals surface area contributed by atoms with E-state index in [1.807, 2.05) is 6.07 Å². The molecule has 1 amide bonds. The number of anilines is 2. The number of benzene rings is 1. The summed E-state index contributed by atoms with van der Waals surface area (Å²) in [6.45, 7) is 2.48. The van der Waals surface area contributed by atoms with Crippen LogP contribution in [-0.2, 0) is 4.79 Å². The van der Waals surface area contributed by atoms with E-state index in [0.717, 1.165) is 49.3 Å². The van der Waals surface area contributed by atoms with Gasteiger partial charge in [-0.2, -0.15) is 4.98 Å². The molecule has 0 bridgehead atoms. The van der Waals surface area contributed by atoms with Gasteiger partial charge in [-0.05, 0) is 43.6 Å². The zero-order valence-corrected chi connectivity index (χ0v) is 17.1.